The van der Waals surface area contributed by atoms with Crippen LogP contribution in [0.15, 0.2) is 0 Å². The van der Waals surface area contributed by atoms with Gasteiger partial charge in [-0.15, -0.1) is 0 Å². The van der Waals surface area contributed by atoms with Crippen LogP contribution >= 0.6 is 0 Å². The van der Waals surface area contributed by atoms with E-state index >= 15 is 0 Å². The summed E-state index contributed by atoms with van der Waals surface area (Å²) in [6, 6.07) is -1.46. The Hall–Kier alpha value is -1.79. The quantitative estimate of drug-likeness (QED) is 0.672. The van der Waals surface area contributed by atoms with E-state index in [0.717, 1.165) is 6.42 Å². The van der Waals surface area contributed by atoms with E-state index in [4.69, 9.17) is 5.73 Å². The van der Waals surface area contributed by atoms with Crippen molar-refractivity contribution in [3.8, 4) is 0 Å². The highest BCUT2D eigenvalue weighted by Crippen LogP contribution is 2.36. The summed E-state index contributed by atoms with van der Waals surface area (Å²) < 4.78 is 0. The van der Waals surface area contributed by atoms with Crippen molar-refractivity contribution in [1.29, 1.82) is 0 Å². The number of nitrogens with two attached hydrogens (primary N) is 1. The molecule has 1 rings (SSSR count). The molecule has 3 amide bonds. The fourth-order valence-electron chi connectivity index (χ4n) is 2.89. The van der Waals surface area contributed by atoms with E-state index in [-0.39, 0.29) is 18.4 Å². The van der Waals surface area contributed by atoms with Gasteiger partial charge in [-0.3, -0.25) is 9.59 Å². The molecule has 1 aliphatic rings. The Bertz CT molecular complexity index is 424. The molecule has 0 aromatic carbocycles. The monoisotopic (exact) mass is 299 g/mol. The van der Waals surface area contributed by atoms with Gasteiger partial charge >= 0.3 is 12.0 Å². The smallest absolute Gasteiger partial charge is 0.312 e. The zero-order valence-electron chi connectivity index (χ0n) is 12.9. The zero-order valence-corrected chi connectivity index (χ0v) is 12.9. The topological polar surface area (TPSA) is 113 Å². The first-order valence-electron chi connectivity index (χ1n) is 7.31. The minimum atomic E-state index is -0.862. The lowest BCUT2D eigenvalue weighted by atomic mass is 9.83. The van der Waals surface area contributed by atoms with Gasteiger partial charge in [-0.25, -0.2) is 4.79 Å². The maximum atomic E-state index is 12.5. The van der Waals surface area contributed by atoms with Crippen LogP contribution in [0.5, 0.6) is 0 Å². The van der Waals surface area contributed by atoms with Crippen LogP contribution in [0.1, 0.15) is 40.0 Å². The summed E-state index contributed by atoms with van der Waals surface area (Å²) in [6.45, 7) is 6.14. The number of primary amides is 1. The highest BCUT2D eigenvalue weighted by Gasteiger charge is 2.46. The minimum absolute atomic E-state index is 0.115. The lowest BCUT2D eigenvalue weighted by Gasteiger charge is -2.28. The molecule has 0 aromatic heterocycles. The minimum Gasteiger partial charge on any atom is -0.481 e. The van der Waals surface area contributed by atoms with Crippen molar-refractivity contribution in [3.05, 3.63) is 0 Å². The van der Waals surface area contributed by atoms with Crippen LogP contribution < -0.4 is 11.1 Å². The molecule has 1 aliphatic heterocycles. The predicted octanol–water partition coefficient (Wildman–Crippen LogP) is 0.783. The molecule has 1 fully saturated rings. The van der Waals surface area contributed by atoms with E-state index in [2.05, 4.69) is 5.32 Å². The Labute approximate surface area is 124 Å². The molecule has 1 heterocycles. The van der Waals surface area contributed by atoms with Crippen molar-refractivity contribution in [1.82, 2.24) is 10.2 Å². The van der Waals surface area contributed by atoms with Crippen molar-refractivity contribution in [2.24, 2.45) is 17.1 Å². The number of nitrogens with one attached hydrogen (secondary N) is 1. The molecule has 4 N–H and O–H groups in total. The highest BCUT2D eigenvalue weighted by atomic mass is 16.4. The number of carboxylic acid groups (broad SMARTS) is 1. The van der Waals surface area contributed by atoms with Crippen molar-refractivity contribution >= 4 is 17.9 Å². The van der Waals surface area contributed by atoms with E-state index in [9.17, 15) is 19.5 Å². The largest absolute Gasteiger partial charge is 0.481 e. The number of carboxylic acids is 1. The van der Waals surface area contributed by atoms with Crippen molar-refractivity contribution in [2.45, 2.75) is 46.1 Å². The fourth-order valence-corrected chi connectivity index (χ4v) is 2.89. The third kappa shape index (κ3) is 3.86. The molecular formula is C14H25N3O4. The molecule has 7 heteroatoms. The van der Waals surface area contributed by atoms with Gasteiger partial charge in [-0.1, -0.05) is 27.2 Å². The molecule has 7 nitrogen and oxygen atoms in total. The second-order valence-corrected chi connectivity index (χ2v) is 6.08. The Balaban J connectivity index is 2.84. The number of carbonyl (C=O) groups is 3. The third-order valence-electron chi connectivity index (χ3n) is 4.08. The summed E-state index contributed by atoms with van der Waals surface area (Å²) in [5, 5.41) is 11.9. The van der Waals surface area contributed by atoms with Crippen LogP contribution in [-0.4, -0.2) is 47.0 Å². The van der Waals surface area contributed by atoms with Gasteiger partial charge in [0, 0.05) is 13.1 Å². The van der Waals surface area contributed by atoms with Crippen LogP contribution in [0, 0.1) is 11.3 Å². The Kier molecular flexibility index (Phi) is 5.57. The van der Waals surface area contributed by atoms with Crippen LogP contribution in [0.3, 0.4) is 0 Å². The van der Waals surface area contributed by atoms with E-state index in [1.54, 1.807) is 0 Å². The molecular weight excluding hydrogens is 274 g/mol. The van der Waals surface area contributed by atoms with Crippen LogP contribution in [0.2, 0.25) is 0 Å². The van der Waals surface area contributed by atoms with Gasteiger partial charge in [0.05, 0.1) is 5.41 Å². The average molecular weight is 299 g/mol. The molecule has 0 radical (unpaired) electrons. The van der Waals surface area contributed by atoms with Gasteiger partial charge in [-0.2, -0.15) is 0 Å². The normalized spacial score (nSPS) is 23.1. The summed E-state index contributed by atoms with van der Waals surface area (Å²) in [7, 11) is 0. The standard InChI is InChI=1S/C14H25N3O4/c1-4-5-14(12(19)20)6-7-17(8-14)11(18)10(9(2)3)16-13(15)21/h9-10H,4-8H2,1-3H3,(H,19,20)(H3,15,16,21). The molecule has 21 heavy (non-hydrogen) atoms. The van der Waals surface area contributed by atoms with Crippen LogP contribution in [-0.2, 0) is 9.59 Å². The summed E-state index contributed by atoms with van der Waals surface area (Å²) >= 11 is 0. The first-order chi connectivity index (χ1) is 9.73. The molecule has 0 bridgehead atoms. The average Bonchev–Trinajstić information content (AvgIpc) is 2.81. The Morgan fingerprint density at radius 2 is 2.00 bits per heavy atom. The Morgan fingerprint density at radius 3 is 2.43 bits per heavy atom. The van der Waals surface area contributed by atoms with Gasteiger partial charge in [0.25, 0.3) is 0 Å². The molecule has 0 saturated carbocycles. The molecule has 0 aliphatic carbocycles. The van der Waals surface area contributed by atoms with E-state index in [0.29, 0.717) is 19.4 Å². The summed E-state index contributed by atoms with van der Waals surface area (Å²) in [4.78, 5) is 36.6. The van der Waals surface area contributed by atoms with Crippen molar-refractivity contribution < 1.29 is 19.5 Å². The number of hydrogen-bond donors (Lipinski definition) is 3. The van der Waals surface area contributed by atoms with Gasteiger partial charge in [0.1, 0.15) is 6.04 Å². The number of aliphatic carboxylic acids is 1. The van der Waals surface area contributed by atoms with Crippen LogP contribution in [0.25, 0.3) is 0 Å². The molecule has 1 saturated heterocycles. The number of amides is 3. The molecule has 120 valence electrons. The number of urea groups is 1. The van der Waals surface area contributed by atoms with Gasteiger partial charge in [0.15, 0.2) is 0 Å². The lowest BCUT2D eigenvalue weighted by Crippen LogP contribution is -2.52. The Morgan fingerprint density at radius 1 is 1.38 bits per heavy atom. The number of hydrogen-bond acceptors (Lipinski definition) is 3. The van der Waals surface area contributed by atoms with Gasteiger partial charge in [0.2, 0.25) is 5.91 Å². The van der Waals surface area contributed by atoms with Gasteiger partial charge in [-0.05, 0) is 18.8 Å². The number of likely N-dealkylation sites (tertiary alicyclic amines) is 1. The summed E-state index contributed by atoms with van der Waals surface area (Å²) in [5.41, 5.74) is 4.24. The van der Waals surface area contributed by atoms with Crippen molar-refractivity contribution in [3.63, 3.8) is 0 Å². The number of nitrogens with zero attached hydrogens (tertiary/aromatic N) is 1. The van der Waals surface area contributed by atoms with Crippen LogP contribution in [0.4, 0.5) is 4.79 Å². The molecule has 0 spiro atoms. The van der Waals surface area contributed by atoms with Crippen molar-refractivity contribution in [2.75, 3.05) is 13.1 Å². The molecule has 2 atom stereocenters. The number of rotatable bonds is 6. The first kappa shape index (κ1) is 17.3. The first-order valence-corrected chi connectivity index (χ1v) is 7.31. The summed E-state index contributed by atoms with van der Waals surface area (Å²) in [5.74, 6) is -1.23. The second-order valence-electron chi connectivity index (χ2n) is 6.08. The fraction of sp³-hybridized carbons (Fsp3) is 0.786. The second kappa shape index (κ2) is 6.78. The van der Waals surface area contributed by atoms with E-state index in [1.807, 2.05) is 20.8 Å². The third-order valence-corrected chi connectivity index (χ3v) is 4.08. The summed E-state index contributed by atoms with van der Waals surface area (Å²) in [6.07, 6.45) is 1.74. The van der Waals surface area contributed by atoms with E-state index in [1.165, 1.54) is 4.90 Å². The number of carbonyl (C=O) groups excluding carboxylic acids is 2. The SMILES string of the molecule is CCCC1(C(=O)O)CCN(C(=O)C(NC(N)=O)C(C)C)C1. The van der Waals surface area contributed by atoms with Gasteiger partial charge < -0.3 is 21.1 Å². The molecule has 0 aromatic rings. The van der Waals surface area contributed by atoms with E-state index < -0.39 is 23.5 Å². The molecule has 2 unspecified atom stereocenters. The highest BCUT2D eigenvalue weighted by molar-refractivity contribution is 5.88. The predicted molar refractivity (Wildman–Crippen MR) is 77.5 cm³/mol. The maximum absolute atomic E-state index is 12.5. The maximum Gasteiger partial charge on any atom is 0.312 e. The lowest BCUT2D eigenvalue weighted by molar-refractivity contribution is -0.149. The zero-order chi connectivity index (χ0) is 16.2.